The molecule has 1 aliphatic heterocycles. The molecule has 1 fully saturated rings. The Kier molecular flexibility index (Phi) is 5.78. The van der Waals surface area contributed by atoms with Crippen LogP contribution in [0.2, 0.25) is 0 Å². The number of amides is 1. The van der Waals surface area contributed by atoms with E-state index < -0.39 is 11.6 Å². The number of rotatable bonds is 3. The predicted octanol–water partition coefficient (Wildman–Crippen LogP) is 7.02. The van der Waals surface area contributed by atoms with E-state index in [0.29, 0.717) is 11.1 Å². The minimum absolute atomic E-state index is 0.107. The summed E-state index contributed by atoms with van der Waals surface area (Å²) in [6.07, 6.45) is 6.64. The molecular weight excluding hydrogens is 429 g/mol. The van der Waals surface area contributed by atoms with Crippen LogP contribution in [-0.4, -0.2) is 28.8 Å². The molecule has 0 saturated heterocycles. The van der Waals surface area contributed by atoms with Crippen molar-refractivity contribution in [2.24, 2.45) is 0 Å². The molecular formula is C28H34FN3O2. The molecule has 0 unspecified atom stereocenters. The molecule has 5 nitrogen and oxygen atoms in total. The number of aromatic amines is 1. The van der Waals surface area contributed by atoms with Crippen molar-refractivity contribution in [3.05, 3.63) is 53.5 Å². The lowest BCUT2D eigenvalue weighted by Gasteiger charge is -2.45. The lowest BCUT2D eigenvalue weighted by Crippen LogP contribution is -2.53. The smallest absolute Gasteiger partial charge is 0.407 e. The van der Waals surface area contributed by atoms with Crippen LogP contribution in [0.25, 0.3) is 22.0 Å². The van der Waals surface area contributed by atoms with Gasteiger partial charge in [0.1, 0.15) is 11.9 Å². The van der Waals surface area contributed by atoms with E-state index in [1.54, 1.807) is 0 Å². The molecule has 2 atom stereocenters. The molecule has 1 aromatic heterocycles. The molecule has 34 heavy (non-hydrogen) atoms. The summed E-state index contributed by atoms with van der Waals surface area (Å²) >= 11 is 0. The number of fused-ring (bicyclic) bond motifs is 2. The average Bonchev–Trinajstić information content (AvgIpc) is 3.29. The number of halogens is 1. The highest BCUT2D eigenvalue weighted by Gasteiger charge is 2.44. The van der Waals surface area contributed by atoms with Gasteiger partial charge in [-0.05, 0) is 56.7 Å². The molecule has 0 bridgehead atoms. The molecule has 2 aromatic carbocycles. The molecule has 0 radical (unpaired) electrons. The van der Waals surface area contributed by atoms with Gasteiger partial charge < -0.3 is 20.4 Å². The number of hydrogen-bond acceptors (Lipinski definition) is 3. The Balaban J connectivity index is 1.49. The maximum atomic E-state index is 15.7. The van der Waals surface area contributed by atoms with Gasteiger partial charge in [-0.2, -0.15) is 0 Å². The number of para-hydroxylation sites is 1. The van der Waals surface area contributed by atoms with Crippen LogP contribution < -0.4 is 10.6 Å². The van der Waals surface area contributed by atoms with Gasteiger partial charge in [0.05, 0.1) is 11.1 Å². The predicted molar refractivity (Wildman–Crippen MR) is 135 cm³/mol. The Morgan fingerprint density at radius 3 is 2.68 bits per heavy atom. The lowest BCUT2D eigenvalue weighted by molar-refractivity contribution is 0.0446. The van der Waals surface area contributed by atoms with E-state index in [-0.39, 0.29) is 23.9 Å². The number of alkyl carbamates (subject to hydrolysis) is 1. The van der Waals surface area contributed by atoms with Crippen LogP contribution in [0.15, 0.2) is 36.5 Å². The van der Waals surface area contributed by atoms with E-state index >= 15 is 4.39 Å². The van der Waals surface area contributed by atoms with Gasteiger partial charge in [0, 0.05) is 40.5 Å². The fraction of sp³-hybridized carbons (Fsp3) is 0.464. The molecule has 2 heterocycles. The summed E-state index contributed by atoms with van der Waals surface area (Å²) in [6, 6.07) is 10.0. The average molecular weight is 464 g/mol. The van der Waals surface area contributed by atoms with Crippen molar-refractivity contribution in [3.63, 3.8) is 0 Å². The minimum atomic E-state index is -0.547. The summed E-state index contributed by atoms with van der Waals surface area (Å²) in [5.41, 5.74) is 4.10. The maximum absolute atomic E-state index is 15.7. The summed E-state index contributed by atoms with van der Waals surface area (Å²) in [5.74, 6) is -0.338. The molecule has 6 heteroatoms. The van der Waals surface area contributed by atoms with Gasteiger partial charge in [-0.25, -0.2) is 9.18 Å². The number of carbonyl (C=O) groups is 1. The first-order valence-electron chi connectivity index (χ1n) is 12.4. The fourth-order valence-electron chi connectivity index (χ4n) is 5.84. The highest BCUT2D eigenvalue weighted by atomic mass is 19.1. The van der Waals surface area contributed by atoms with Crippen molar-refractivity contribution < 1.29 is 13.9 Å². The summed E-state index contributed by atoms with van der Waals surface area (Å²) in [4.78, 5) is 16.1. The van der Waals surface area contributed by atoms with Crippen LogP contribution in [0.3, 0.4) is 0 Å². The first kappa shape index (κ1) is 22.8. The third kappa shape index (κ3) is 3.93. The Bertz CT molecular complexity index is 1230. The number of aromatic nitrogens is 1. The zero-order chi connectivity index (χ0) is 24.0. The molecule has 3 N–H and O–H groups in total. The van der Waals surface area contributed by atoms with Crippen molar-refractivity contribution in [1.29, 1.82) is 0 Å². The Morgan fingerprint density at radius 1 is 1.15 bits per heavy atom. The number of ether oxygens (including phenoxy) is 1. The van der Waals surface area contributed by atoms with Crippen molar-refractivity contribution in [3.8, 4) is 11.1 Å². The Hall–Kier alpha value is -3.02. The summed E-state index contributed by atoms with van der Waals surface area (Å²) in [7, 11) is 0. The fourth-order valence-corrected chi connectivity index (χ4v) is 5.84. The van der Waals surface area contributed by atoms with E-state index in [1.165, 1.54) is 6.42 Å². The molecule has 1 aliphatic carbocycles. The SMILES string of the molecule is Cc1c(F)c(-c2cccc3cc[nH]c23)cc2c1NC(C)(C)[C@@H](OC(=O)NC1CCCCC1)[C@@H]2C. The molecule has 2 aliphatic rings. The summed E-state index contributed by atoms with van der Waals surface area (Å²) in [6.45, 7) is 7.90. The van der Waals surface area contributed by atoms with Gasteiger partial charge in [-0.3, -0.25) is 0 Å². The maximum Gasteiger partial charge on any atom is 0.407 e. The van der Waals surface area contributed by atoms with E-state index in [1.807, 2.05) is 57.3 Å². The van der Waals surface area contributed by atoms with E-state index in [0.717, 1.165) is 53.4 Å². The zero-order valence-corrected chi connectivity index (χ0v) is 20.4. The highest BCUT2D eigenvalue weighted by molar-refractivity contribution is 5.95. The Labute approximate surface area is 200 Å². The molecule has 3 aromatic rings. The largest absolute Gasteiger partial charge is 0.443 e. The second-order valence-electron chi connectivity index (χ2n) is 10.5. The van der Waals surface area contributed by atoms with Gasteiger partial charge >= 0.3 is 6.09 Å². The van der Waals surface area contributed by atoms with Gasteiger partial charge in [0.15, 0.2) is 0 Å². The number of nitrogens with one attached hydrogen (secondary N) is 3. The van der Waals surface area contributed by atoms with Crippen LogP contribution in [0, 0.1) is 12.7 Å². The Morgan fingerprint density at radius 2 is 1.91 bits per heavy atom. The number of hydrogen-bond donors (Lipinski definition) is 3. The number of anilines is 1. The van der Waals surface area contributed by atoms with Gasteiger partial charge in [-0.15, -0.1) is 0 Å². The van der Waals surface area contributed by atoms with Crippen LogP contribution in [0.4, 0.5) is 14.9 Å². The summed E-state index contributed by atoms with van der Waals surface area (Å²) in [5, 5.41) is 7.60. The molecule has 1 saturated carbocycles. The first-order chi connectivity index (χ1) is 16.3. The standard InChI is InChI=1S/C28H34FN3O2/c1-16-21-15-22(20-12-8-9-18-13-14-30-25(18)20)23(29)17(2)24(21)32-28(3,4)26(16)34-27(33)31-19-10-6-5-7-11-19/h8-9,12-16,19,26,30,32H,5-7,10-11H2,1-4H3,(H,31,33)/t16-,26+/m1/s1. The third-order valence-corrected chi connectivity index (χ3v) is 7.67. The van der Waals surface area contributed by atoms with E-state index in [2.05, 4.69) is 22.5 Å². The van der Waals surface area contributed by atoms with Crippen molar-refractivity contribution in [1.82, 2.24) is 10.3 Å². The van der Waals surface area contributed by atoms with Crippen LogP contribution in [-0.2, 0) is 4.74 Å². The molecule has 5 rings (SSSR count). The second-order valence-corrected chi connectivity index (χ2v) is 10.5. The van der Waals surface area contributed by atoms with Gasteiger partial charge in [0.2, 0.25) is 0 Å². The topological polar surface area (TPSA) is 66.1 Å². The first-order valence-corrected chi connectivity index (χ1v) is 12.4. The quantitative estimate of drug-likeness (QED) is 0.391. The van der Waals surface area contributed by atoms with E-state index in [9.17, 15) is 4.79 Å². The number of H-pyrrole nitrogens is 1. The third-order valence-electron chi connectivity index (χ3n) is 7.67. The molecule has 0 spiro atoms. The van der Waals surface area contributed by atoms with Crippen molar-refractivity contribution in [2.45, 2.75) is 83.4 Å². The number of benzene rings is 2. The molecule has 1 amide bonds. The van der Waals surface area contributed by atoms with Crippen LogP contribution in [0.1, 0.15) is 69.9 Å². The highest BCUT2D eigenvalue weighted by Crippen LogP contribution is 2.46. The van der Waals surface area contributed by atoms with E-state index in [4.69, 9.17) is 4.74 Å². The van der Waals surface area contributed by atoms with Crippen molar-refractivity contribution >= 4 is 22.7 Å². The van der Waals surface area contributed by atoms with Crippen LogP contribution >= 0.6 is 0 Å². The van der Waals surface area contributed by atoms with Gasteiger partial charge in [-0.1, -0.05) is 44.4 Å². The summed E-state index contributed by atoms with van der Waals surface area (Å²) < 4.78 is 21.7. The number of carbonyl (C=O) groups excluding carboxylic acids is 1. The second kappa shape index (κ2) is 8.64. The molecule has 180 valence electrons. The zero-order valence-electron chi connectivity index (χ0n) is 20.4. The normalized spacial score (nSPS) is 22.1. The lowest BCUT2D eigenvalue weighted by atomic mass is 9.77. The minimum Gasteiger partial charge on any atom is -0.443 e. The monoisotopic (exact) mass is 463 g/mol. The van der Waals surface area contributed by atoms with Crippen LogP contribution in [0.5, 0.6) is 0 Å². The van der Waals surface area contributed by atoms with Gasteiger partial charge in [0.25, 0.3) is 0 Å². The van der Waals surface area contributed by atoms with Crippen molar-refractivity contribution in [2.75, 3.05) is 5.32 Å².